The summed E-state index contributed by atoms with van der Waals surface area (Å²) in [4.78, 5) is 36.6. The van der Waals surface area contributed by atoms with E-state index in [-0.39, 0.29) is 22.3 Å². The Labute approximate surface area is 151 Å². The fourth-order valence-electron chi connectivity index (χ4n) is 2.65. The Hall–Kier alpha value is -3.68. The molecule has 0 fully saturated rings. The first kappa shape index (κ1) is 18.1. The van der Waals surface area contributed by atoms with Gasteiger partial charge in [-0.2, -0.15) is 0 Å². The Bertz CT molecular complexity index is 1110. The van der Waals surface area contributed by atoms with Gasteiger partial charge in [-0.25, -0.2) is 18.6 Å². The van der Waals surface area contributed by atoms with Crippen molar-refractivity contribution < 1.29 is 28.3 Å². The summed E-state index contributed by atoms with van der Waals surface area (Å²) in [6, 6.07) is 9.72. The van der Waals surface area contributed by atoms with Gasteiger partial charge in [-0.3, -0.25) is 9.59 Å². The number of benzene rings is 2. The number of fused-ring (bicyclic) bond motifs is 2. The Kier molecular flexibility index (Phi) is 4.64. The quantitative estimate of drug-likeness (QED) is 0.641. The second-order valence-electron chi connectivity index (χ2n) is 5.70. The van der Waals surface area contributed by atoms with Gasteiger partial charge in [0.05, 0.1) is 16.8 Å². The molecule has 0 saturated carbocycles. The minimum absolute atomic E-state index is 0.00694. The lowest BCUT2D eigenvalue weighted by Crippen LogP contribution is -2.12. The van der Waals surface area contributed by atoms with Crippen LogP contribution in [0.2, 0.25) is 0 Å². The van der Waals surface area contributed by atoms with Crippen molar-refractivity contribution in [2.45, 2.75) is 6.92 Å². The normalized spacial score (nSPS) is 12.3. The summed E-state index contributed by atoms with van der Waals surface area (Å²) in [7, 11) is 0. The maximum Gasteiger partial charge on any atom is 0.336 e. The highest BCUT2D eigenvalue weighted by Crippen LogP contribution is 2.25. The monoisotopic (exact) mass is 370 g/mol. The molecule has 1 aromatic heterocycles. The molecule has 0 aliphatic carbocycles. The number of amides is 1. The molecule has 0 spiro atoms. The van der Waals surface area contributed by atoms with Gasteiger partial charge in [0.1, 0.15) is 17.2 Å². The van der Waals surface area contributed by atoms with E-state index in [2.05, 4.69) is 10.3 Å². The first-order valence-electron chi connectivity index (χ1n) is 7.73. The summed E-state index contributed by atoms with van der Waals surface area (Å²) in [5.74, 6) is -3.60. The third kappa shape index (κ3) is 3.37. The number of carbonyl (C=O) groups excluding carboxylic acids is 2. The van der Waals surface area contributed by atoms with E-state index >= 15 is 0 Å². The molecule has 1 aliphatic heterocycles. The standard InChI is InChI=1S/C11H8FNO2.C8H4FNO2/c1-6-5-8(11(14)15)7-3-2-4-9(12)10(7)13-6;9-5-3-1-2-4-6(5)10-8(12)7(4)11/h2-5H,1H3,(H,14,15);1-3H,(H,10,11,12). The first-order valence-corrected chi connectivity index (χ1v) is 7.73. The number of carbonyl (C=O) groups is 3. The second-order valence-corrected chi connectivity index (χ2v) is 5.70. The van der Waals surface area contributed by atoms with Crippen LogP contribution in [0.25, 0.3) is 10.9 Å². The van der Waals surface area contributed by atoms with Crippen LogP contribution in [0.15, 0.2) is 42.5 Å². The predicted molar refractivity (Wildman–Crippen MR) is 92.8 cm³/mol. The van der Waals surface area contributed by atoms with Gasteiger partial charge in [-0.15, -0.1) is 0 Å². The molecule has 2 N–H and O–H groups in total. The third-order valence-electron chi connectivity index (χ3n) is 3.85. The van der Waals surface area contributed by atoms with Crippen molar-refractivity contribution in [2.24, 2.45) is 0 Å². The first-order chi connectivity index (χ1) is 12.8. The van der Waals surface area contributed by atoms with Crippen LogP contribution in [0.4, 0.5) is 14.5 Å². The average molecular weight is 370 g/mol. The summed E-state index contributed by atoms with van der Waals surface area (Å²) in [5, 5.41) is 11.4. The number of Topliss-reactive ketones (excluding diaryl/α,β-unsaturated/α-hetero) is 1. The van der Waals surface area contributed by atoms with Gasteiger partial charge < -0.3 is 10.4 Å². The molecular formula is C19H12F2N2O4. The molecule has 0 saturated heterocycles. The number of aromatic carboxylic acids is 1. The van der Waals surface area contributed by atoms with E-state index in [1.807, 2.05) is 0 Å². The zero-order chi connectivity index (χ0) is 19.7. The number of carboxylic acids is 1. The number of carboxylic acid groups (broad SMARTS) is 1. The molecular weight excluding hydrogens is 358 g/mol. The van der Waals surface area contributed by atoms with E-state index in [4.69, 9.17) is 5.11 Å². The summed E-state index contributed by atoms with van der Waals surface area (Å²) in [6.45, 7) is 1.64. The van der Waals surface area contributed by atoms with E-state index in [0.717, 1.165) is 0 Å². The number of hydrogen-bond donors (Lipinski definition) is 2. The maximum atomic E-state index is 13.4. The SMILES string of the molecule is Cc1cc(C(=O)O)c2cccc(F)c2n1.O=C1Nc2c(F)cccc2C1=O. The fourth-order valence-corrected chi connectivity index (χ4v) is 2.65. The summed E-state index contributed by atoms with van der Waals surface area (Å²) < 4.78 is 26.2. The molecule has 0 radical (unpaired) electrons. The van der Waals surface area contributed by atoms with Crippen molar-refractivity contribution in [1.82, 2.24) is 4.98 Å². The molecule has 6 nitrogen and oxygen atoms in total. The number of nitrogens with zero attached hydrogens (tertiary/aromatic N) is 1. The summed E-state index contributed by atoms with van der Waals surface area (Å²) in [5.41, 5.74) is 0.782. The fraction of sp³-hybridized carbons (Fsp3) is 0.0526. The highest BCUT2D eigenvalue weighted by atomic mass is 19.1. The smallest absolute Gasteiger partial charge is 0.336 e. The van der Waals surface area contributed by atoms with Crippen LogP contribution >= 0.6 is 0 Å². The topological polar surface area (TPSA) is 96.4 Å². The number of aryl methyl sites for hydroxylation is 1. The number of nitrogens with one attached hydrogen (secondary N) is 1. The average Bonchev–Trinajstić information content (AvgIpc) is 2.92. The van der Waals surface area contributed by atoms with Crippen LogP contribution in [-0.4, -0.2) is 27.8 Å². The van der Waals surface area contributed by atoms with Gasteiger partial charge in [0, 0.05) is 11.1 Å². The van der Waals surface area contributed by atoms with Crippen molar-refractivity contribution >= 4 is 34.3 Å². The Morgan fingerprint density at radius 2 is 1.74 bits per heavy atom. The molecule has 0 unspecified atom stereocenters. The third-order valence-corrected chi connectivity index (χ3v) is 3.85. The number of pyridine rings is 1. The molecule has 136 valence electrons. The van der Waals surface area contributed by atoms with Crippen LogP contribution in [0, 0.1) is 18.6 Å². The molecule has 1 amide bonds. The van der Waals surface area contributed by atoms with Gasteiger partial charge in [0.2, 0.25) is 0 Å². The van der Waals surface area contributed by atoms with Gasteiger partial charge in [-0.1, -0.05) is 18.2 Å². The largest absolute Gasteiger partial charge is 0.478 e. The van der Waals surface area contributed by atoms with Crippen molar-refractivity contribution in [1.29, 1.82) is 0 Å². The van der Waals surface area contributed by atoms with Gasteiger partial charge in [0.25, 0.3) is 11.7 Å². The minimum Gasteiger partial charge on any atom is -0.478 e. The number of aromatic nitrogens is 1. The van der Waals surface area contributed by atoms with E-state index in [9.17, 15) is 23.2 Å². The Balaban J connectivity index is 0.000000159. The highest BCUT2D eigenvalue weighted by molar-refractivity contribution is 6.51. The lowest BCUT2D eigenvalue weighted by Gasteiger charge is -2.04. The van der Waals surface area contributed by atoms with E-state index in [1.54, 1.807) is 13.0 Å². The summed E-state index contributed by atoms with van der Waals surface area (Å²) >= 11 is 0. The van der Waals surface area contributed by atoms with Gasteiger partial charge in [0.15, 0.2) is 0 Å². The lowest BCUT2D eigenvalue weighted by atomic mass is 10.1. The highest BCUT2D eigenvalue weighted by Gasteiger charge is 2.29. The van der Waals surface area contributed by atoms with Crippen LogP contribution in [-0.2, 0) is 4.79 Å². The van der Waals surface area contributed by atoms with Crippen LogP contribution < -0.4 is 5.32 Å². The number of para-hydroxylation sites is 2. The number of halogens is 2. The maximum absolute atomic E-state index is 13.4. The summed E-state index contributed by atoms with van der Waals surface area (Å²) in [6.07, 6.45) is 0. The molecule has 3 aromatic rings. The predicted octanol–water partition coefficient (Wildman–Crippen LogP) is 3.34. The van der Waals surface area contributed by atoms with Gasteiger partial charge >= 0.3 is 5.97 Å². The Morgan fingerprint density at radius 3 is 2.41 bits per heavy atom. The number of hydrogen-bond acceptors (Lipinski definition) is 4. The van der Waals surface area contributed by atoms with Crippen LogP contribution in [0.3, 0.4) is 0 Å². The van der Waals surface area contributed by atoms with Crippen molar-refractivity contribution in [2.75, 3.05) is 5.32 Å². The van der Waals surface area contributed by atoms with E-state index < -0.39 is 29.3 Å². The van der Waals surface area contributed by atoms with Crippen molar-refractivity contribution in [3.05, 3.63) is 70.9 Å². The number of ketones is 1. The molecule has 27 heavy (non-hydrogen) atoms. The number of anilines is 1. The van der Waals surface area contributed by atoms with E-state index in [1.165, 1.54) is 36.4 Å². The zero-order valence-electron chi connectivity index (χ0n) is 13.9. The molecule has 2 heterocycles. The number of rotatable bonds is 1. The zero-order valence-corrected chi connectivity index (χ0v) is 13.9. The molecule has 8 heteroatoms. The van der Waals surface area contributed by atoms with Crippen molar-refractivity contribution in [3.63, 3.8) is 0 Å². The van der Waals surface area contributed by atoms with E-state index in [0.29, 0.717) is 11.1 Å². The molecule has 1 aliphatic rings. The molecule has 0 bridgehead atoms. The van der Waals surface area contributed by atoms with Crippen LogP contribution in [0.1, 0.15) is 26.4 Å². The minimum atomic E-state index is -1.07. The second kappa shape index (κ2) is 6.91. The lowest BCUT2D eigenvalue weighted by molar-refractivity contribution is -0.112. The molecule has 2 aromatic carbocycles. The Morgan fingerprint density at radius 1 is 1.07 bits per heavy atom. The van der Waals surface area contributed by atoms with Gasteiger partial charge in [-0.05, 0) is 31.2 Å². The van der Waals surface area contributed by atoms with Crippen LogP contribution in [0.5, 0.6) is 0 Å². The van der Waals surface area contributed by atoms with Crippen molar-refractivity contribution in [3.8, 4) is 0 Å². The molecule has 0 atom stereocenters. The molecule has 4 rings (SSSR count).